The van der Waals surface area contributed by atoms with Gasteiger partial charge in [-0.2, -0.15) is 0 Å². The van der Waals surface area contributed by atoms with Crippen LogP contribution >= 0.6 is 0 Å². The molecule has 0 spiro atoms. The van der Waals surface area contributed by atoms with Crippen molar-refractivity contribution in [2.75, 3.05) is 18.6 Å². The predicted octanol–water partition coefficient (Wildman–Crippen LogP) is 5.73. The highest BCUT2D eigenvalue weighted by molar-refractivity contribution is 6.51. The zero-order valence-electron chi connectivity index (χ0n) is 23.0. The van der Waals surface area contributed by atoms with Gasteiger partial charge >= 0.3 is 5.91 Å². The third kappa shape index (κ3) is 4.53. The molecule has 1 unspecified atom stereocenters. The minimum atomic E-state index is -1.05. The Morgan fingerprint density at radius 2 is 1.85 bits per heavy atom. The van der Waals surface area contributed by atoms with Gasteiger partial charge in [0.15, 0.2) is 11.5 Å². The number of Topliss-reactive ketones (excluding diaryl/α,β-unsaturated/α-hetero) is 1. The van der Waals surface area contributed by atoms with E-state index >= 15 is 0 Å². The van der Waals surface area contributed by atoms with E-state index in [4.69, 9.17) is 9.47 Å². The molecule has 0 saturated carbocycles. The minimum absolute atomic E-state index is 0.0748. The Hall–Kier alpha value is -4.79. The molecule has 1 saturated heterocycles. The fourth-order valence-electron chi connectivity index (χ4n) is 5.05. The van der Waals surface area contributed by atoms with Gasteiger partial charge < -0.3 is 24.7 Å². The molecule has 1 fully saturated rings. The van der Waals surface area contributed by atoms with Crippen molar-refractivity contribution in [2.24, 2.45) is 0 Å². The summed E-state index contributed by atoms with van der Waals surface area (Å²) in [4.78, 5) is 36.2. The Kier molecular flexibility index (Phi) is 6.97. The predicted molar refractivity (Wildman–Crippen MR) is 152 cm³/mol. The number of methoxy groups -OCH3 is 1. The number of benzene rings is 3. The number of hydrogen-bond donors (Lipinski definition) is 3. The van der Waals surface area contributed by atoms with Crippen LogP contribution in [0, 0.1) is 6.92 Å². The van der Waals surface area contributed by atoms with E-state index in [-0.39, 0.29) is 34.7 Å². The number of aryl methyl sites for hydroxylation is 1. The first kappa shape index (κ1) is 26.8. The average Bonchev–Trinajstić information content (AvgIpc) is 3.46. The summed E-state index contributed by atoms with van der Waals surface area (Å²) in [7, 11) is 1.57. The molecule has 0 bridgehead atoms. The van der Waals surface area contributed by atoms with Crippen LogP contribution in [0.2, 0.25) is 0 Å². The van der Waals surface area contributed by atoms with E-state index in [0.717, 1.165) is 11.1 Å². The summed E-state index contributed by atoms with van der Waals surface area (Å²) in [5.74, 6) is -1.02. The van der Waals surface area contributed by atoms with Crippen molar-refractivity contribution >= 4 is 34.4 Å². The largest absolute Gasteiger partial charge is 0.507 e. The average molecular weight is 542 g/mol. The second-order valence-corrected chi connectivity index (χ2v) is 10.0. The van der Waals surface area contributed by atoms with Crippen LogP contribution in [0.15, 0.2) is 60.2 Å². The molecule has 1 aromatic heterocycles. The summed E-state index contributed by atoms with van der Waals surface area (Å²) in [6.07, 6.45) is 0. The molecule has 40 heavy (non-hydrogen) atoms. The summed E-state index contributed by atoms with van der Waals surface area (Å²) in [5, 5.41) is 21.9. The van der Waals surface area contributed by atoms with E-state index in [9.17, 15) is 19.8 Å². The van der Waals surface area contributed by atoms with Gasteiger partial charge in [-0.3, -0.25) is 14.5 Å². The van der Waals surface area contributed by atoms with Gasteiger partial charge in [0.2, 0.25) is 5.95 Å². The molecule has 5 rings (SSSR count). The number of fused-ring (bicyclic) bond motifs is 1. The van der Waals surface area contributed by atoms with E-state index in [0.29, 0.717) is 34.5 Å². The third-order valence-corrected chi connectivity index (χ3v) is 7.02. The molecule has 206 valence electrons. The number of carbonyl (C=O) groups excluding carboxylic acids is 2. The number of H-pyrrole nitrogens is 1. The van der Waals surface area contributed by atoms with Crippen LogP contribution in [0.4, 0.5) is 5.95 Å². The van der Waals surface area contributed by atoms with Gasteiger partial charge in [0, 0.05) is 5.56 Å². The molecule has 0 radical (unpaired) electrons. The lowest BCUT2D eigenvalue weighted by Crippen LogP contribution is -2.30. The topological polar surface area (TPSA) is 125 Å². The molecule has 1 atom stereocenters. The molecule has 3 N–H and O–H groups in total. The van der Waals surface area contributed by atoms with Crippen molar-refractivity contribution in [1.82, 2.24) is 9.97 Å². The number of ketones is 1. The van der Waals surface area contributed by atoms with Crippen molar-refractivity contribution in [1.29, 1.82) is 0 Å². The maximum absolute atomic E-state index is 13.6. The zero-order valence-corrected chi connectivity index (χ0v) is 23.0. The first-order chi connectivity index (χ1) is 19.1. The smallest absolute Gasteiger partial charge is 0.302 e. The lowest BCUT2D eigenvalue weighted by atomic mass is 9.93. The number of nitrogens with zero attached hydrogens (tertiary/aromatic N) is 2. The number of aliphatic hydroxyl groups is 1. The Labute approximate surface area is 231 Å². The second-order valence-electron chi connectivity index (χ2n) is 10.0. The van der Waals surface area contributed by atoms with Crippen molar-refractivity contribution in [3.63, 3.8) is 0 Å². The van der Waals surface area contributed by atoms with Crippen molar-refractivity contribution < 1.29 is 29.3 Å². The molecular formula is C31H31N3O6. The summed E-state index contributed by atoms with van der Waals surface area (Å²) in [5.41, 5.74) is 3.89. The number of carbonyl (C=O) groups is 2. The monoisotopic (exact) mass is 541 g/mol. The number of imidazole rings is 1. The van der Waals surface area contributed by atoms with Gasteiger partial charge in [-0.1, -0.05) is 26.0 Å². The number of aromatic hydroxyl groups is 1. The number of phenols is 1. The first-order valence-electron chi connectivity index (χ1n) is 13.1. The minimum Gasteiger partial charge on any atom is -0.507 e. The standard InChI is InChI=1S/C31H31N3O6/c1-6-40-25-15-18(8-11-23(25)35)27-26(28(36)19-9-12-24(39-5)20(14-19)16(2)3)29(37)30(38)34(27)31-32-21-10-7-17(4)13-22(21)33-31/h7-16,27,35-36H,6H2,1-5H3,(H,32,33)/b28-26+. The third-order valence-electron chi connectivity index (χ3n) is 7.02. The van der Waals surface area contributed by atoms with Gasteiger partial charge in [-0.25, -0.2) is 4.98 Å². The lowest BCUT2D eigenvalue weighted by Gasteiger charge is -2.24. The Bertz CT molecular complexity index is 1670. The van der Waals surface area contributed by atoms with Crippen molar-refractivity contribution in [2.45, 2.75) is 39.7 Å². The SMILES string of the molecule is CCOc1cc(C2/C(=C(\O)c3ccc(OC)c(C(C)C)c3)C(=O)C(=O)N2c2nc3ccc(C)cc3[nH]2)ccc1O. The van der Waals surface area contributed by atoms with Crippen LogP contribution in [0.3, 0.4) is 0 Å². The summed E-state index contributed by atoms with van der Waals surface area (Å²) < 4.78 is 11.1. The number of rotatable bonds is 7. The normalized spacial score (nSPS) is 16.8. The van der Waals surface area contributed by atoms with Crippen molar-refractivity contribution in [3.05, 3.63) is 82.4 Å². The highest BCUT2D eigenvalue weighted by Gasteiger charge is 2.48. The number of phenolic OH excluding ortho intramolecular Hbond substituents is 1. The molecule has 1 aliphatic rings. The van der Waals surface area contributed by atoms with Gasteiger partial charge in [0.1, 0.15) is 11.5 Å². The Balaban J connectivity index is 1.75. The number of nitrogens with one attached hydrogen (secondary N) is 1. The van der Waals surface area contributed by atoms with Gasteiger partial charge in [0.05, 0.1) is 36.4 Å². The maximum atomic E-state index is 13.6. The number of ether oxygens (including phenoxy) is 2. The Morgan fingerprint density at radius 3 is 2.55 bits per heavy atom. The van der Waals surface area contributed by atoms with E-state index in [1.54, 1.807) is 44.4 Å². The number of aromatic nitrogens is 2. The number of aliphatic hydroxyl groups excluding tert-OH is 1. The lowest BCUT2D eigenvalue weighted by molar-refractivity contribution is -0.132. The van der Waals surface area contributed by atoms with Gasteiger partial charge in [-0.15, -0.1) is 0 Å². The first-order valence-corrected chi connectivity index (χ1v) is 13.1. The van der Waals surface area contributed by atoms with Crippen molar-refractivity contribution in [3.8, 4) is 17.2 Å². The maximum Gasteiger partial charge on any atom is 0.302 e. The van der Waals surface area contributed by atoms with Crippen LogP contribution in [0.25, 0.3) is 16.8 Å². The number of amides is 1. The molecular weight excluding hydrogens is 510 g/mol. The molecule has 9 nitrogen and oxygen atoms in total. The van der Waals surface area contributed by atoms with Gasteiger partial charge in [-0.05, 0) is 78.9 Å². The number of anilines is 1. The summed E-state index contributed by atoms with van der Waals surface area (Å²) in [6.45, 7) is 8.01. The van der Waals surface area contributed by atoms with Crippen LogP contribution in [-0.4, -0.2) is 45.6 Å². The van der Waals surface area contributed by atoms with Gasteiger partial charge in [0.25, 0.3) is 5.78 Å². The number of hydrogen-bond acceptors (Lipinski definition) is 7. The van der Waals surface area contributed by atoms with E-state index in [1.165, 1.54) is 11.0 Å². The van der Waals surface area contributed by atoms with E-state index in [2.05, 4.69) is 9.97 Å². The molecule has 3 aromatic carbocycles. The Morgan fingerprint density at radius 1 is 1.07 bits per heavy atom. The highest BCUT2D eigenvalue weighted by Crippen LogP contribution is 2.44. The molecule has 1 aliphatic heterocycles. The fourth-order valence-corrected chi connectivity index (χ4v) is 5.05. The molecule has 2 heterocycles. The van der Waals surface area contributed by atoms with E-state index in [1.807, 2.05) is 39.0 Å². The number of aromatic amines is 1. The van der Waals surface area contributed by atoms with Crippen LogP contribution < -0.4 is 14.4 Å². The molecule has 9 heteroatoms. The molecule has 4 aromatic rings. The fraction of sp³-hybridized carbons (Fsp3) is 0.258. The molecule has 1 amide bonds. The summed E-state index contributed by atoms with van der Waals surface area (Å²) in [6, 6.07) is 14.3. The summed E-state index contributed by atoms with van der Waals surface area (Å²) >= 11 is 0. The zero-order chi connectivity index (χ0) is 28.7. The quantitative estimate of drug-likeness (QED) is 0.155. The van der Waals surface area contributed by atoms with Crippen LogP contribution in [0.5, 0.6) is 17.2 Å². The highest BCUT2D eigenvalue weighted by atomic mass is 16.5. The van der Waals surface area contributed by atoms with E-state index < -0.39 is 17.7 Å². The second kappa shape index (κ2) is 10.4. The van der Waals surface area contributed by atoms with Crippen LogP contribution in [0.1, 0.15) is 55.0 Å². The van der Waals surface area contributed by atoms with Crippen LogP contribution in [-0.2, 0) is 9.59 Å². The molecule has 0 aliphatic carbocycles.